The second-order valence-corrected chi connectivity index (χ2v) is 7.15. The molecule has 1 rings (SSSR count). The summed E-state index contributed by atoms with van der Waals surface area (Å²) in [5, 5.41) is 9.01. The molecule has 0 aliphatic heterocycles. The average Bonchev–Trinajstić information content (AvgIpc) is 2.57. The summed E-state index contributed by atoms with van der Waals surface area (Å²) in [6.07, 6.45) is 3.87. The van der Waals surface area contributed by atoms with Crippen LogP contribution in [0.15, 0.2) is 30.3 Å². The number of hydrogen-bond donors (Lipinski definition) is 2. The van der Waals surface area contributed by atoms with E-state index in [9.17, 15) is 4.79 Å². The molecule has 4 heteroatoms. The van der Waals surface area contributed by atoms with Gasteiger partial charge < -0.3 is 15.6 Å². The Morgan fingerprint density at radius 1 is 1.17 bits per heavy atom. The topological polar surface area (TPSA) is 72.5 Å². The van der Waals surface area contributed by atoms with Gasteiger partial charge in [-0.05, 0) is 43.1 Å². The predicted octanol–water partition coefficient (Wildman–Crippen LogP) is 3.73. The molecular weight excluding hydrogens is 302 g/mol. The zero-order valence-corrected chi connectivity index (χ0v) is 15.4. The van der Waals surface area contributed by atoms with E-state index in [2.05, 4.69) is 38.1 Å². The summed E-state index contributed by atoms with van der Waals surface area (Å²) < 4.78 is 5.71. The second kappa shape index (κ2) is 10.5. The largest absolute Gasteiger partial charge is 0.481 e. The fourth-order valence-electron chi connectivity index (χ4n) is 3.18. The summed E-state index contributed by atoms with van der Waals surface area (Å²) in [5.74, 6) is -0.357. The number of ether oxygens (including phenoxy) is 1. The van der Waals surface area contributed by atoms with Gasteiger partial charge in [-0.3, -0.25) is 4.79 Å². The Morgan fingerprint density at radius 3 is 2.33 bits per heavy atom. The first-order valence-corrected chi connectivity index (χ1v) is 8.90. The molecule has 0 bridgehead atoms. The van der Waals surface area contributed by atoms with Crippen LogP contribution in [0.5, 0.6) is 0 Å². The van der Waals surface area contributed by atoms with E-state index in [1.807, 2.05) is 6.07 Å². The van der Waals surface area contributed by atoms with Crippen LogP contribution in [0.2, 0.25) is 0 Å². The summed E-state index contributed by atoms with van der Waals surface area (Å²) in [5.41, 5.74) is 7.27. The van der Waals surface area contributed by atoms with Gasteiger partial charge >= 0.3 is 5.97 Å². The highest BCUT2D eigenvalue weighted by Gasteiger charge is 2.23. The van der Waals surface area contributed by atoms with Crippen LogP contribution in [0.25, 0.3) is 0 Å². The van der Waals surface area contributed by atoms with Crippen LogP contribution in [0.1, 0.15) is 45.6 Å². The fourth-order valence-corrected chi connectivity index (χ4v) is 3.18. The Labute approximate surface area is 146 Å². The third kappa shape index (κ3) is 7.02. The number of benzene rings is 1. The lowest BCUT2D eigenvalue weighted by Crippen LogP contribution is -2.34. The monoisotopic (exact) mass is 335 g/mol. The van der Waals surface area contributed by atoms with Gasteiger partial charge in [-0.15, -0.1) is 0 Å². The van der Waals surface area contributed by atoms with Crippen LogP contribution in [0.3, 0.4) is 0 Å². The minimum absolute atomic E-state index is 0.196. The maximum absolute atomic E-state index is 11.0. The van der Waals surface area contributed by atoms with Gasteiger partial charge in [0.05, 0.1) is 12.0 Å². The van der Waals surface area contributed by atoms with Gasteiger partial charge in [0.2, 0.25) is 0 Å². The van der Waals surface area contributed by atoms with Gasteiger partial charge in [0.15, 0.2) is 0 Å². The number of rotatable bonds is 11. The predicted molar refractivity (Wildman–Crippen MR) is 97.9 cm³/mol. The standard InChI is InChI=1S/C20H33NO3/c1-14(10-11-18(21)16(3)20(22)23)12-15(2)19(24-4)13-17-8-6-5-7-9-17/h5-9,14-16,18-19H,10-13,21H2,1-4H3,(H,22,23)/t14-,15+,16+,18+,19+/m1/s1. The SMILES string of the molecule is CO[C@@H](Cc1ccccc1)[C@@H](C)C[C@H](C)CC[C@H](N)[C@H](C)C(=O)O. The minimum Gasteiger partial charge on any atom is -0.481 e. The number of carboxylic acid groups (broad SMARTS) is 1. The maximum Gasteiger partial charge on any atom is 0.307 e. The molecule has 0 heterocycles. The molecular formula is C20H33NO3. The van der Waals surface area contributed by atoms with Crippen molar-refractivity contribution in [3.63, 3.8) is 0 Å². The molecule has 0 saturated heterocycles. The molecule has 0 aliphatic carbocycles. The van der Waals surface area contributed by atoms with E-state index < -0.39 is 11.9 Å². The molecule has 0 aromatic heterocycles. The van der Waals surface area contributed by atoms with Crippen molar-refractivity contribution in [2.24, 2.45) is 23.5 Å². The van der Waals surface area contributed by atoms with E-state index in [1.54, 1.807) is 14.0 Å². The quantitative estimate of drug-likeness (QED) is 0.646. The average molecular weight is 335 g/mol. The molecule has 1 aromatic carbocycles. The Kier molecular flexibility index (Phi) is 9.01. The number of hydrogen-bond acceptors (Lipinski definition) is 3. The Bertz CT molecular complexity index is 477. The molecule has 5 atom stereocenters. The molecule has 0 fully saturated rings. The Balaban J connectivity index is 2.43. The molecule has 4 nitrogen and oxygen atoms in total. The van der Waals surface area contributed by atoms with Crippen molar-refractivity contribution in [3.05, 3.63) is 35.9 Å². The zero-order chi connectivity index (χ0) is 18.1. The Morgan fingerprint density at radius 2 is 1.79 bits per heavy atom. The highest BCUT2D eigenvalue weighted by Crippen LogP contribution is 2.24. The van der Waals surface area contributed by atoms with Crippen LogP contribution in [0.4, 0.5) is 0 Å². The van der Waals surface area contributed by atoms with Crippen LogP contribution in [-0.4, -0.2) is 30.3 Å². The lowest BCUT2D eigenvalue weighted by molar-refractivity contribution is -0.141. The van der Waals surface area contributed by atoms with Crippen LogP contribution in [0, 0.1) is 17.8 Å². The molecule has 0 unspecified atom stereocenters. The maximum atomic E-state index is 11.0. The number of aliphatic carboxylic acids is 1. The summed E-state index contributed by atoms with van der Waals surface area (Å²) in [6.45, 7) is 6.12. The summed E-state index contributed by atoms with van der Waals surface area (Å²) in [7, 11) is 1.78. The van der Waals surface area contributed by atoms with E-state index >= 15 is 0 Å². The third-order valence-corrected chi connectivity index (χ3v) is 5.02. The number of carbonyl (C=O) groups is 1. The van der Waals surface area contributed by atoms with Crippen molar-refractivity contribution in [2.75, 3.05) is 7.11 Å². The van der Waals surface area contributed by atoms with Gasteiger partial charge in [0, 0.05) is 13.2 Å². The molecule has 3 N–H and O–H groups in total. The summed E-state index contributed by atoms with van der Waals surface area (Å²) >= 11 is 0. The van der Waals surface area contributed by atoms with E-state index in [0.717, 1.165) is 25.7 Å². The van der Waals surface area contributed by atoms with E-state index in [-0.39, 0.29) is 12.1 Å². The molecule has 0 spiro atoms. The van der Waals surface area contributed by atoms with Gasteiger partial charge in [-0.2, -0.15) is 0 Å². The molecule has 0 saturated carbocycles. The van der Waals surface area contributed by atoms with Crippen molar-refractivity contribution in [2.45, 2.75) is 58.6 Å². The summed E-state index contributed by atoms with van der Waals surface area (Å²) in [6, 6.07) is 10.1. The van der Waals surface area contributed by atoms with E-state index in [1.165, 1.54) is 5.56 Å². The van der Waals surface area contributed by atoms with Gasteiger partial charge in [0.1, 0.15) is 0 Å². The second-order valence-electron chi connectivity index (χ2n) is 7.15. The molecule has 1 aromatic rings. The van der Waals surface area contributed by atoms with E-state index in [0.29, 0.717) is 11.8 Å². The number of nitrogens with two attached hydrogens (primary N) is 1. The third-order valence-electron chi connectivity index (χ3n) is 5.02. The van der Waals surface area contributed by atoms with Crippen molar-refractivity contribution in [3.8, 4) is 0 Å². The van der Waals surface area contributed by atoms with Gasteiger partial charge in [-0.1, -0.05) is 51.1 Å². The molecule has 136 valence electrons. The first-order valence-electron chi connectivity index (χ1n) is 8.90. The van der Waals surface area contributed by atoms with E-state index in [4.69, 9.17) is 15.6 Å². The first-order chi connectivity index (χ1) is 11.3. The van der Waals surface area contributed by atoms with Gasteiger partial charge in [-0.25, -0.2) is 0 Å². The van der Waals surface area contributed by atoms with Crippen LogP contribution >= 0.6 is 0 Å². The highest BCUT2D eigenvalue weighted by molar-refractivity contribution is 5.70. The van der Waals surface area contributed by atoms with Crippen LogP contribution in [-0.2, 0) is 16.0 Å². The lowest BCUT2D eigenvalue weighted by Gasteiger charge is -2.26. The zero-order valence-electron chi connectivity index (χ0n) is 15.4. The minimum atomic E-state index is -0.814. The van der Waals surface area contributed by atoms with Crippen molar-refractivity contribution in [1.29, 1.82) is 0 Å². The lowest BCUT2D eigenvalue weighted by atomic mass is 9.86. The summed E-state index contributed by atoms with van der Waals surface area (Å²) in [4.78, 5) is 11.0. The molecule has 0 aliphatic rings. The van der Waals surface area contributed by atoms with Crippen LogP contribution < -0.4 is 5.73 Å². The molecule has 0 amide bonds. The van der Waals surface area contributed by atoms with Crippen molar-refractivity contribution >= 4 is 5.97 Å². The van der Waals surface area contributed by atoms with Gasteiger partial charge in [0.25, 0.3) is 0 Å². The first kappa shape index (κ1) is 20.7. The number of methoxy groups -OCH3 is 1. The fraction of sp³-hybridized carbons (Fsp3) is 0.650. The number of carboxylic acids is 1. The molecule has 24 heavy (non-hydrogen) atoms. The van der Waals surface area contributed by atoms with Crippen molar-refractivity contribution < 1.29 is 14.6 Å². The smallest absolute Gasteiger partial charge is 0.307 e. The van der Waals surface area contributed by atoms with Crippen molar-refractivity contribution in [1.82, 2.24) is 0 Å². The normalized spacial score (nSPS) is 17.7. The molecule has 0 radical (unpaired) electrons. The Hall–Kier alpha value is -1.39. The highest BCUT2D eigenvalue weighted by atomic mass is 16.5.